The molecule has 1 aromatic heterocycles. The van der Waals surface area contributed by atoms with Crippen molar-refractivity contribution in [3.8, 4) is 0 Å². The number of nitrogens with one attached hydrogen (secondary N) is 1. The standard InChI is InChI=1S/C16H17BrN2O2/c1-9(2)14-8-15(21-19-14)16(20)18-13-6-3-10-7-11(17)4-5-12(10)13/h4-5,7-9,13H,3,6H2,1-2H3,(H,18,20). The molecule has 1 heterocycles. The van der Waals surface area contributed by atoms with Crippen molar-refractivity contribution < 1.29 is 9.32 Å². The van der Waals surface area contributed by atoms with Gasteiger partial charge in [-0.15, -0.1) is 0 Å². The van der Waals surface area contributed by atoms with Gasteiger partial charge in [-0.2, -0.15) is 0 Å². The average molecular weight is 349 g/mol. The normalized spacial score (nSPS) is 17.0. The highest BCUT2D eigenvalue weighted by molar-refractivity contribution is 9.10. The van der Waals surface area contributed by atoms with Gasteiger partial charge >= 0.3 is 0 Å². The van der Waals surface area contributed by atoms with Crippen LogP contribution in [0.1, 0.15) is 59.6 Å². The van der Waals surface area contributed by atoms with E-state index in [4.69, 9.17) is 4.52 Å². The Morgan fingerprint density at radius 3 is 2.95 bits per heavy atom. The maximum absolute atomic E-state index is 12.3. The summed E-state index contributed by atoms with van der Waals surface area (Å²) in [4.78, 5) is 12.3. The number of carbonyl (C=O) groups is 1. The number of aromatic nitrogens is 1. The first kappa shape index (κ1) is 14.3. The van der Waals surface area contributed by atoms with Crippen molar-refractivity contribution in [2.24, 2.45) is 0 Å². The number of rotatable bonds is 3. The molecule has 5 heteroatoms. The predicted octanol–water partition coefficient (Wildman–Crippen LogP) is 3.98. The van der Waals surface area contributed by atoms with E-state index in [9.17, 15) is 4.79 Å². The van der Waals surface area contributed by atoms with Gasteiger partial charge in [0, 0.05) is 10.5 Å². The van der Waals surface area contributed by atoms with Crippen LogP contribution in [0.25, 0.3) is 0 Å². The summed E-state index contributed by atoms with van der Waals surface area (Å²) in [5, 5.41) is 6.96. The van der Waals surface area contributed by atoms with Crippen LogP contribution in [0.2, 0.25) is 0 Å². The lowest BCUT2D eigenvalue weighted by atomic mass is 10.1. The molecule has 0 saturated carbocycles. The SMILES string of the molecule is CC(C)c1cc(C(=O)NC2CCc3cc(Br)ccc32)on1. The number of halogens is 1. The smallest absolute Gasteiger partial charge is 0.290 e. The molecule has 1 aliphatic carbocycles. The summed E-state index contributed by atoms with van der Waals surface area (Å²) < 4.78 is 6.21. The molecule has 0 radical (unpaired) electrons. The predicted molar refractivity (Wildman–Crippen MR) is 83.3 cm³/mol. The fourth-order valence-electron chi connectivity index (χ4n) is 2.63. The Balaban J connectivity index is 1.74. The van der Waals surface area contributed by atoms with E-state index in [1.165, 1.54) is 11.1 Å². The number of hydrogen-bond acceptors (Lipinski definition) is 3. The second-order valence-corrected chi connectivity index (χ2v) is 6.59. The van der Waals surface area contributed by atoms with Crippen molar-refractivity contribution in [3.63, 3.8) is 0 Å². The summed E-state index contributed by atoms with van der Waals surface area (Å²) in [7, 11) is 0. The second kappa shape index (κ2) is 5.64. The van der Waals surface area contributed by atoms with E-state index in [0.717, 1.165) is 23.0 Å². The Morgan fingerprint density at radius 2 is 2.24 bits per heavy atom. The van der Waals surface area contributed by atoms with Crippen LogP contribution in [0.3, 0.4) is 0 Å². The van der Waals surface area contributed by atoms with E-state index in [0.29, 0.717) is 0 Å². The second-order valence-electron chi connectivity index (χ2n) is 5.68. The van der Waals surface area contributed by atoms with E-state index < -0.39 is 0 Å². The van der Waals surface area contributed by atoms with Crippen LogP contribution >= 0.6 is 15.9 Å². The first-order chi connectivity index (χ1) is 10.0. The molecule has 1 amide bonds. The van der Waals surface area contributed by atoms with Crippen LogP contribution in [0.15, 0.2) is 33.3 Å². The number of nitrogens with zero attached hydrogens (tertiary/aromatic N) is 1. The minimum atomic E-state index is -0.199. The van der Waals surface area contributed by atoms with Crippen molar-refractivity contribution in [2.75, 3.05) is 0 Å². The molecule has 1 aliphatic rings. The lowest BCUT2D eigenvalue weighted by molar-refractivity contribution is 0.0899. The van der Waals surface area contributed by atoms with Gasteiger partial charge in [-0.3, -0.25) is 4.79 Å². The Hall–Kier alpha value is -1.62. The number of fused-ring (bicyclic) bond motifs is 1. The van der Waals surface area contributed by atoms with Crippen LogP contribution in [-0.4, -0.2) is 11.1 Å². The van der Waals surface area contributed by atoms with Crippen molar-refractivity contribution >= 4 is 21.8 Å². The van der Waals surface area contributed by atoms with Crippen LogP contribution in [0.4, 0.5) is 0 Å². The quantitative estimate of drug-likeness (QED) is 0.912. The summed E-state index contributed by atoms with van der Waals surface area (Å²) in [6, 6.07) is 7.96. The number of benzene rings is 1. The van der Waals surface area contributed by atoms with E-state index in [2.05, 4.69) is 38.5 Å². The summed E-state index contributed by atoms with van der Waals surface area (Å²) in [6.07, 6.45) is 1.90. The summed E-state index contributed by atoms with van der Waals surface area (Å²) >= 11 is 3.48. The Bertz CT molecular complexity index is 679. The van der Waals surface area contributed by atoms with Gasteiger partial charge in [0.25, 0.3) is 5.91 Å². The summed E-state index contributed by atoms with van der Waals surface area (Å²) in [5.74, 6) is 0.333. The maximum atomic E-state index is 12.3. The monoisotopic (exact) mass is 348 g/mol. The molecule has 110 valence electrons. The third-order valence-corrected chi connectivity index (χ3v) is 4.33. The molecule has 3 rings (SSSR count). The van der Waals surface area contributed by atoms with E-state index in [-0.39, 0.29) is 23.6 Å². The third kappa shape index (κ3) is 2.88. The number of carbonyl (C=O) groups excluding carboxylic acids is 1. The largest absolute Gasteiger partial charge is 0.351 e. The maximum Gasteiger partial charge on any atom is 0.290 e. The van der Waals surface area contributed by atoms with Crippen molar-refractivity contribution in [1.29, 1.82) is 0 Å². The Kier molecular flexibility index (Phi) is 3.85. The first-order valence-corrected chi connectivity index (χ1v) is 7.89. The fourth-order valence-corrected chi connectivity index (χ4v) is 3.04. The van der Waals surface area contributed by atoms with Gasteiger partial charge in [0.1, 0.15) is 0 Å². The number of hydrogen-bond donors (Lipinski definition) is 1. The molecule has 0 saturated heterocycles. The molecule has 0 spiro atoms. The Morgan fingerprint density at radius 1 is 1.43 bits per heavy atom. The van der Waals surface area contributed by atoms with Gasteiger partial charge in [-0.25, -0.2) is 0 Å². The van der Waals surface area contributed by atoms with Crippen LogP contribution in [0, 0.1) is 0 Å². The molecule has 1 unspecified atom stereocenters. The molecule has 0 bridgehead atoms. The van der Waals surface area contributed by atoms with Crippen LogP contribution in [-0.2, 0) is 6.42 Å². The first-order valence-electron chi connectivity index (χ1n) is 7.10. The molecule has 21 heavy (non-hydrogen) atoms. The van der Waals surface area contributed by atoms with Gasteiger partial charge in [-0.05, 0) is 42.0 Å². The van der Waals surface area contributed by atoms with Crippen molar-refractivity contribution in [1.82, 2.24) is 10.5 Å². The molecule has 4 nitrogen and oxygen atoms in total. The van der Waals surface area contributed by atoms with E-state index >= 15 is 0 Å². The molecule has 0 aliphatic heterocycles. The van der Waals surface area contributed by atoms with E-state index in [1.807, 2.05) is 19.9 Å². The van der Waals surface area contributed by atoms with Gasteiger partial charge in [0.15, 0.2) is 0 Å². The van der Waals surface area contributed by atoms with Crippen molar-refractivity contribution in [2.45, 2.75) is 38.6 Å². The highest BCUT2D eigenvalue weighted by atomic mass is 79.9. The zero-order valence-electron chi connectivity index (χ0n) is 12.0. The zero-order chi connectivity index (χ0) is 15.0. The third-order valence-electron chi connectivity index (χ3n) is 3.83. The lowest BCUT2D eigenvalue weighted by Gasteiger charge is -2.12. The lowest BCUT2D eigenvalue weighted by Crippen LogP contribution is -2.26. The van der Waals surface area contributed by atoms with Crippen LogP contribution in [0.5, 0.6) is 0 Å². The highest BCUT2D eigenvalue weighted by Crippen LogP contribution is 2.33. The molecular weight excluding hydrogens is 332 g/mol. The summed E-state index contributed by atoms with van der Waals surface area (Å²) in [5.41, 5.74) is 3.28. The molecule has 1 atom stereocenters. The topological polar surface area (TPSA) is 55.1 Å². The average Bonchev–Trinajstić information content (AvgIpc) is 3.06. The zero-order valence-corrected chi connectivity index (χ0v) is 13.6. The van der Waals surface area contributed by atoms with Crippen molar-refractivity contribution in [3.05, 3.63) is 51.3 Å². The minimum absolute atomic E-state index is 0.0493. The number of aryl methyl sites for hydroxylation is 1. The highest BCUT2D eigenvalue weighted by Gasteiger charge is 2.25. The molecule has 2 aromatic rings. The Labute approximate surface area is 132 Å². The fraction of sp³-hybridized carbons (Fsp3) is 0.375. The van der Waals surface area contributed by atoms with Gasteiger partial charge < -0.3 is 9.84 Å². The van der Waals surface area contributed by atoms with Gasteiger partial charge in [0.05, 0.1) is 11.7 Å². The molecule has 1 aromatic carbocycles. The number of amides is 1. The molecule has 0 fully saturated rings. The van der Waals surface area contributed by atoms with E-state index in [1.54, 1.807) is 6.07 Å². The minimum Gasteiger partial charge on any atom is -0.351 e. The van der Waals surface area contributed by atoms with Crippen LogP contribution < -0.4 is 5.32 Å². The van der Waals surface area contributed by atoms with Gasteiger partial charge in [0.2, 0.25) is 5.76 Å². The summed E-state index contributed by atoms with van der Waals surface area (Å²) in [6.45, 7) is 4.04. The molecule has 1 N–H and O–H groups in total. The van der Waals surface area contributed by atoms with Gasteiger partial charge in [-0.1, -0.05) is 41.0 Å². The molecular formula is C16H17BrN2O2.